The van der Waals surface area contributed by atoms with Gasteiger partial charge in [0, 0.05) is 66.1 Å². The van der Waals surface area contributed by atoms with Gasteiger partial charge < -0.3 is 9.72 Å². The molecule has 3 fully saturated rings. The molecule has 7 nitrogen and oxygen atoms in total. The van der Waals surface area contributed by atoms with E-state index in [1.165, 1.54) is 47.2 Å². The van der Waals surface area contributed by atoms with Crippen LogP contribution in [0.3, 0.4) is 0 Å². The molecule has 4 aromatic rings. The normalized spacial score (nSPS) is 21.2. The van der Waals surface area contributed by atoms with E-state index in [0.29, 0.717) is 34.4 Å². The van der Waals surface area contributed by atoms with Crippen LogP contribution in [0.4, 0.5) is 4.39 Å². The summed E-state index contributed by atoms with van der Waals surface area (Å²) in [6.07, 6.45) is 12.5. The van der Waals surface area contributed by atoms with Crippen LogP contribution in [0.5, 0.6) is 0 Å². The lowest BCUT2D eigenvalue weighted by atomic mass is 9.65. The molecule has 0 amide bonds. The summed E-state index contributed by atoms with van der Waals surface area (Å²) in [6.45, 7) is 2.42. The largest absolute Gasteiger partial charge is 0.466 e. The van der Waals surface area contributed by atoms with Crippen molar-refractivity contribution in [2.75, 3.05) is 6.61 Å². The first kappa shape index (κ1) is 24.8. The Kier molecular flexibility index (Phi) is 7.50. The van der Waals surface area contributed by atoms with Gasteiger partial charge in [0.05, 0.1) is 22.9 Å². The molecule has 11 heteroatoms. The first-order valence-electron chi connectivity index (χ1n) is 11.6. The van der Waals surface area contributed by atoms with E-state index in [4.69, 9.17) is 16.3 Å². The lowest BCUT2D eigenvalue weighted by molar-refractivity contribution is -0.153. The minimum atomic E-state index is -0.364. The molecule has 0 saturated heterocycles. The van der Waals surface area contributed by atoms with Crippen molar-refractivity contribution in [3.05, 3.63) is 41.7 Å². The van der Waals surface area contributed by atoms with Crippen LogP contribution >= 0.6 is 41.9 Å². The van der Waals surface area contributed by atoms with Crippen LogP contribution in [0.15, 0.2) is 30.9 Å². The first-order valence-corrected chi connectivity index (χ1v) is 15.3. The summed E-state index contributed by atoms with van der Waals surface area (Å²) >= 11 is 8.22. The van der Waals surface area contributed by atoms with Gasteiger partial charge in [0.1, 0.15) is 5.65 Å². The Balaban J connectivity index is 0.000000166. The second-order valence-corrected chi connectivity index (χ2v) is 11.1. The lowest BCUT2D eigenvalue weighted by Crippen LogP contribution is -2.36. The molecule has 7 rings (SSSR count). The van der Waals surface area contributed by atoms with Gasteiger partial charge in [-0.2, -0.15) is 0 Å². The van der Waals surface area contributed by atoms with Crippen molar-refractivity contribution in [3.8, 4) is 11.4 Å². The third kappa shape index (κ3) is 5.01. The van der Waals surface area contributed by atoms with Crippen LogP contribution in [-0.4, -0.2) is 36.5 Å². The summed E-state index contributed by atoms with van der Waals surface area (Å²) in [5, 5.41) is 1.76. The second kappa shape index (κ2) is 10.6. The highest BCUT2D eigenvalue weighted by Crippen LogP contribution is 2.45. The Morgan fingerprint density at radius 1 is 1.29 bits per heavy atom. The number of rotatable bonds is 4. The van der Waals surface area contributed by atoms with Gasteiger partial charge in [-0.1, -0.05) is 24.4 Å². The first-order chi connectivity index (χ1) is 17.0. The molecule has 0 aliphatic heterocycles. The molecule has 1 atom stereocenters. The van der Waals surface area contributed by atoms with Gasteiger partial charge in [-0.05, 0) is 44.1 Å². The van der Waals surface area contributed by atoms with E-state index >= 15 is 0 Å². The second-order valence-electron chi connectivity index (χ2n) is 8.93. The van der Waals surface area contributed by atoms with Crippen LogP contribution in [0, 0.1) is 23.6 Å². The molecule has 184 valence electrons. The van der Waals surface area contributed by atoms with Gasteiger partial charge in [-0.15, -0.1) is 0 Å². The number of aromatic amines is 1. The highest BCUT2D eigenvalue weighted by Gasteiger charge is 2.40. The van der Waals surface area contributed by atoms with E-state index in [0.717, 1.165) is 28.9 Å². The van der Waals surface area contributed by atoms with Crippen LogP contribution in [0.1, 0.15) is 39.0 Å². The minimum Gasteiger partial charge on any atom is -0.466 e. The highest BCUT2D eigenvalue weighted by atomic mass is 127. The minimum absolute atomic E-state index is 0.0666. The third-order valence-electron chi connectivity index (χ3n) is 6.91. The summed E-state index contributed by atoms with van der Waals surface area (Å²) in [6, 6.07) is 1.82. The van der Waals surface area contributed by atoms with Gasteiger partial charge in [0.25, 0.3) is 0 Å². The third-order valence-corrected chi connectivity index (χ3v) is 8.82. The number of hydrogen-bond acceptors (Lipinski definition) is 6. The summed E-state index contributed by atoms with van der Waals surface area (Å²) < 4.78 is 20.5. The van der Waals surface area contributed by atoms with Crippen LogP contribution in [0.2, 0.25) is 5.02 Å². The summed E-state index contributed by atoms with van der Waals surface area (Å²) in [4.78, 5) is 27.4. The standard InChI is InChI=1S/C13H6ClFIN5S.C11H18O2/c14-6-1-7-9(5-21(22-16)13(7)19-2-6)12-17-3-8-10(15)4-18-11(8)20-12;1-2-13-11(12)10-7-8-3-5-9(10)6-4-8/h1-5H,(H,17,18,20);8-10H,2-7H2,1H3. The maximum Gasteiger partial charge on any atom is 0.309 e. The number of esters is 1. The Labute approximate surface area is 223 Å². The fraction of sp³-hybridized carbons (Fsp3) is 0.417. The predicted octanol–water partition coefficient (Wildman–Crippen LogP) is 6.99. The number of nitrogens with one attached hydrogen (secondary N) is 1. The lowest BCUT2D eigenvalue weighted by Gasteiger charge is -2.40. The summed E-state index contributed by atoms with van der Waals surface area (Å²) in [5.41, 5.74) is 2.03. The zero-order valence-electron chi connectivity index (χ0n) is 19.0. The fourth-order valence-electron chi connectivity index (χ4n) is 5.21. The summed E-state index contributed by atoms with van der Waals surface area (Å²) in [5.74, 6) is 1.90. The molecule has 3 aliphatic rings. The molecule has 1 N–H and O–H groups in total. The highest BCUT2D eigenvalue weighted by molar-refractivity contribution is 14.2. The maximum absolute atomic E-state index is 13.5. The van der Waals surface area contributed by atoms with Crippen LogP contribution < -0.4 is 0 Å². The Bertz CT molecular complexity index is 1370. The molecule has 3 saturated carbocycles. The van der Waals surface area contributed by atoms with E-state index in [-0.39, 0.29) is 17.7 Å². The number of hydrogen-bond donors (Lipinski definition) is 1. The van der Waals surface area contributed by atoms with Gasteiger partial charge in [0.2, 0.25) is 0 Å². The van der Waals surface area contributed by atoms with Crippen molar-refractivity contribution in [1.82, 2.24) is 23.9 Å². The van der Waals surface area contributed by atoms with E-state index in [2.05, 4.69) is 41.1 Å². The average Bonchev–Trinajstić information content (AvgIpc) is 3.44. The van der Waals surface area contributed by atoms with E-state index in [1.807, 2.05) is 23.2 Å². The van der Waals surface area contributed by atoms with Gasteiger partial charge in [-0.3, -0.25) is 8.77 Å². The van der Waals surface area contributed by atoms with Crippen molar-refractivity contribution in [2.45, 2.75) is 39.0 Å². The quantitative estimate of drug-likeness (QED) is 0.194. The molecule has 3 aliphatic carbocycles. The van der Waals surface area contributed by atoms with Crippen molar-refractivity contribution in [3.63, 3.8) is 0 Å². The van der Waals surface area contributed by atoms with Gasteiger partial charge >= 0.3 is 5.97 Å². The van der Waals surface area contributed by atoms with E-state index in [9.17, 15) is 9.18 Å². The maximum atomic E-state index is 13.5. The molecule has 4 aromatic heterocycles. The number of nitrogens with zero attached hydrogens (tertiary/aromatic N) is 4. The molecule has 2 bridgehead atoms. The van der Waals surface area contributed by atoms with Crippen molar-refractivity contribution in [1.29, 1.82) is 0 Å². The van der Waals surface area contributed by atoms with Crippen LogP contribution in [0.25, 0.3) is 33.5 Å². The molecule has 35 heavy (non-hydrogen) atoms. The number of aromatic nitrogens is 5. The topological polar surface area (TPSA) is 85.7 Å². The number of ether oxygens (including phenoxy) is 1. The number of pyridine rings is 1. The molecule has 0 aromatic carbocycles. The fourth-order valence-corrected chi connectivity index (χ4v) is 6.62. The Hall–Kier alpha value is -1.92. The molecular weight excluding hydrogens is 604 g/mol. The van der Waals surface area contributed by atoms with Crippen LogP contribution in [-0.2, 0) is 9.53 Å². The zero-order chi connectivity index (χ0) is 24.5. The van der Waals surface area contributed by atoms with Crippen molar-refractivity contribution >= 4 is 70.0 Å². The number of halogens is 3. The molecular formula is C24H24ClFIN5O2S. The number of carbonyl (C=O) groups excluding carboxylic acids is 1. The zero-order valence-corrected chi connectivity index (χ0v) is 22.7. The summed E-state index contributed by atoms with van der Waals surface area (Å²) in [7, 11) is 1.49. The van der Waals surface area contributed by atoms with Crippen molar-refractivity contribution in [2.24, 2.45) is 17.8 Å². The van der Waals surface area contributed by atoms with Crippen molar-refractivity contribution < 1.29 is 13.9 Å². The van der Waals surface area contributed by atoms with Gasteiger partial charge in [0.15, 0.2) is 17.3 Å². The van der Waals surface area contributed by atoms with Gasteiger partial charge in [-0.25, -0.2) is 19.3 Å². The van der Waals surface area contributed by atoms with E-state index < -0.39 is 0 Å². The molecule has 1 unspecified atom stereocenters. The Morgan fingerprint density at radius 3 is 2.77 bits per heavy atom. The number of carbonyl (C=O) groups is 1. The molecule has 4 heterocycles. The average molecular weight is 628 g/mol. The van der Waals surface area contributed by atoms with E-state index in [1.54, 1.807) is 6.20 Å². The monoisotopic (exact) mass is 627 g/mol. The number of fused-ring (bicyclic) bond motifs is 5. The Morgan fingerprint density at radius 2 is 2.09 bits per heavy atom. The number of H-pyrrole nitrogens is 1. The smallest absolute Gasteiger partial charge is 0.309 e. The SMILES string of the molecule is CCOC(=O)C1CC2CCC1CC2.Fc1c[nH]c2nc(-c3cn(SI)c4ncc(Cl)cc34)ncc12. The molecule has 0 radical (unpaired) electrons. The molecule has 0 spiro atoms. The predicted molar refractivity (Wildman–Crippen MR) is 145 cm³/mol.